The number of oxime groups is 2. The summed E-state index contributed by atoms with van der Waals surface area (Å²) in [5, 5.41) is 25.9. The van der Waals surface area contributed by atoms with E-state index in [0.717, 1.165) is 35.1 Å². The predicted molar refractivity (Wildman–Crippen MR) is 88.3 cm³/mol. The van der Waals surface area contributed by atoms with Gasteiger partial charge in [0.25, 0.3) is 0 Å². The molecule has 2 aromatic carbocycles. The summed E-state index contributed by atoms with van der Waals surface area (Å²) in [7, 11) is 0. The zero-order valence-corrected chi connectivity index (χ0v) is 12.8. The summed E-state index contributed by atoms with van der Waals surface area (Å²) < 4.78 is 0. The molecule has 0 fully saturated rings. The third kappa shape index (κ3) is 3.01. The van der Waals surface area contributed by atoms with Crippen molar-refractivity contribution in [1.82, 2.24) is 0 Å². The molecule has 4 nitrogen and oxygen atoms in total. The first-order valence-corrected chi connectivity index (χ1v) is 7.37. The van der Waals surface area contributed by atoms with Gasteiger partial charge >= 0.3 is 0 Å². The average Bonchev–Trinajstić information content (AvgIpc) is 2.59. The van der Waals surface area contributed by atoms with Gasteiger partial charge in [-0.05, 0) is 24.0 Å². The molecule has 22 heavy (non-hydrogen) atoms. The van der Waals surface area contributed by atoms with Crippen LogP contribution < -0.4 is 0 Å². The van der Waals surface area contributed by atoms with Gasteiger partial charge in [0.15, 0.2) is 0 Å². The third-order valence-corrected chi connectivity index (χ3v) is 3.73. The van der Waals surface area contributed by atoms with Crippen molar-refractivity contribution in [2.45, 2.75) is 26.7 Å². The summed E-state index contributed by atoms with van der Waals surface area (Å²) in [4.78, 5) is 0. The topological polar surface area (TPSA) is 65.2 Å². The van der Waals surface area contributed by atoms with Crippen LogP contribution in [0.2, 0.25) is 0 Å². The summed E-state index contributed by atoms with van der Waals surface area (Å²) in [6.07, 6.45) is 1.59. The lowest BCUT2D eigenvalue weighted by Crippen LogP contribution is -2.20. The van der Waals surface area contributed by atoms with E-state index in [0.29, 0.717) is 0 Å². The van der Waals surface area contributed by atoms with E-state index < -0.39 is 0 Å². The molecule has 0 aliphatic heterocycles. The van der Waals surface area contributed by atoms with Gasteiger partial charge in [-0.3, -0.25) is 0 Å². The average molecular weight is 296 g/mol. The third-order valence-electron chi connectivity index (χ3n) is 3.73. The van der Waals surface area contributed by atoms with Crippen molar-refractivity contribution in [1.29, 1.82) is 0 Å². The van der Waals surface area contributed by atoms with E-state index >= 15 is 0 Å². The minimum atomic E-state index is 0.279. The molecule has 0 bridgehead atoms. The minimum Gasteiger partial charge on any atom is -0.410 e. The van der Waals surface area contributed by atoms with Crippen LogP contribution in [0, 0.1) is 0 Å². The van der Waals surface area contributed by atoms with Crippen molar-refractivity contribution in [2.75, 3.05) is 0 Å². The molecular weight excluding hydrogens is 276 g/mol. The van der Waals surface area contributed by atoms with Crippen LogP contribution in [0.3, 0.4) is 0 Å². The summed E-state index contributed by atoms with van der Waals surface area (Å²) in [6.45, 7) is 4.06. The Kier molecular flexibility index (Phi) is 5.31. The van der Waals surface area contributed by atoms with Crippen molar-refractivity contribution < 1.29 is 10.4 Å². The normalized spacial score (nSPS) is 12.5. The van der Waals surface area contributed by atoms with Gasteiger partial charge in [-0.2, -0.15) is 0 Å². The monoisotopic (exact) mass is 296 g/mol. The number of rotatable bonds is 5. The van der Waals surface area contributed by atoms with Gasteiger partial charge in [0.05, 0.1) is 0 Å². The summed E-state index contributed by atoms with van der Waals surface area (Å²) in [5.74, 6) is 0. The number of hydrogen-bond donors (Lipinski definition) is 2. The van der Waals surface area contributed by atoms with Gasteiger partial charge in [0, 0.05) is 11.1 Å². The van der Waals surface area contributed by atoms with E-state index in [9.17, 15) is 10.4 Å². The van der Waals surface area contributed by atoms with Gasteiger partial charge < -0.3 is 10.4 Å². The molecule has 0 saturated carbocycles. The fraction of sp³-hybridized carbons (Fsp3) is 0.222. The van der Waals surface area contributed by atoms with E-state index in [1.807, 2.05) is 62.4 Å². The highest BCUT2D eigenvalue weighted by atomic mass is 16.4. The van der Waals surface area contributed by atoms with Crippen molar-refractivity contribution in [3.8, 4) is 0 Å². The molecule has 0 radical (unpaired) electrons. The lowest BCUT2D eigenvalue weighted by atomic mass is 9.92. The van der Waals surface area contributed by atoms with Crippen LogP contribution in [-0.2, 0) is 12.8 Å². The maximum Gasteiger partial charge on any atom is 0.139 e. The molecule has 0 atom stereocenters. The lowest BCUT2D eigenvalue weighted by Gasteiger charge is -2.13. The van der Waals surface area contributed by atoms with E-state index in [-0.39, 0.29) is 11.4 Å². The van der Waals surface area contributed by atoms with Crippen LogP contribution in [0.4, 0.5) is 0 Å². The zero-order valence-electron chi connectivity index (χ0n) is 12.8. The van der Waals surface area contributed by atoms with E-state index in [1.165, 1.54) is 0 Å². The summed E-state index contributed by atoms with van der Waals surface area (Å²) in [5.41, 5.74) is 4.16. The maximum absolute atomic E-state index is 9.52. The molecule has 0 spiro atoms. The number of aryl methyl sites for hydroxylation is 2. The molecule has 2 rings (SSSR count). The molecule has 0 amide bonds. The van der Waals surface area contributed by atoms with Gasteiger partial charge in [-0.15, -0.1) is 0 Å². The summed E-state index contributed by atoms with van der Waals surface area (Å²) >= 11 is 0. The number of nitrogens with zero attached hydrogens (tertiary/aromatic N) is 2. The molecule has 0 aliphatic carbocycles. The van der Waals surface area contributed by atoms with Crippen molar-refractivity contribution in [2.24, 2.45) is 10.3 Å². The highest BCUT2D eigenvalue weighted by Crippen LogP contribution is 2.18. The fourth-order valence-electron chi connectivity index (χ4n) is 2.58. The maximum atomic E-state index is 9.52. The molecule has 4 heteroatoms. The Morgan fingerprint density at radius 2 is 1.09 bits per heavy atom. The van der Waals surface area contributed by atoms with Crippen LogP contribution in [0.5, 0.6) is 0 Å². The van der Waals surface area contributed by atoms with Gasteiger partial charge in [0.1, 0.15) is 11.4 Å². The zero-order chi connectivity index (χ0) is 15.9. The van der Waals surface area contributed by atoms with Crippen LogP contribution in [-0.4, -0.2) is 21.8 Å². The van der Waals surface area contributed by atoms with Crippen LogP contribution in [0.1, 0.15) is 36.1 Å². The van der Waals surface area contributed by atoms with E-state index in [2.05, 4.69) is 10.3 Å². The van der Waals surface area contributed by atoms with Crippen molar-refractivity contribution in [3.63, 3.8) is 0 Å². The molecule has 0 aliphatic rings. The molecule has 2 aromatic rings. The number of hydrogen-bond acceptors (Lipinski definition) is 4. The molecule has 0 saturated heterocycles. The van der Waals surface area contributed by atoms with Crippen molar-refractivity contribution >= 4 is 11.4 Å². The highest BCUT2D eigenvalue weighted by molar-refractivity contribution is 6.53. The fourth-order valence-corrected chi connectivity index (χ4v) is 2.58. The summed E-state index contributed by atoms with van der Waals surface area (Å²) in [6, 6.07) is 15.3. The second-order valence-electron chi connectivity index (χ2n) is 4.92. The van der Waals surface area contributed by atoms with Crippen LogP contribution >= 0.6 is 0 Å². The van der Waals surface area contributed by atoms with Gasteiger partial charge in [-0.25, -0.2) is 0 Å². The number of benzene rings is 2. The predicted octanol–water partition coefficient (Wildman–Crippen LogP) is 3.87. The SMILES string of the molecule is CCc1ccccc1C(=NO)C(=NO)c1ccccc1CC. The lowest BCUT2D eigenvalue weighted by molar-refractivity contribution is 0.314. The van der Waals surface area contributed by atoms with Crippen LogP contribution in [0.15, 0.2) is 58.8 Å². The van der Waals surface area contributed by atoms with E-state index in [1.54, 1.807) is 0 Å². The molecule has 114 valence electrons. The van der Waals surface area contributed by atoms with Gasteiger partial charge in [0.2, 0.25) is 0 Å². The first-order valence-electron chi connectivity index (χ1n) is 7.37. The first kappa shape index (κ1) is 15.8. The molecule has 2 N–H and O–H groups in total. The smallest absolute Gasteiger partial charge is 0.139 e. The molecule has 0 aromatic heterocycles. The van der Waals surface area contributed by atoms with Crippen molar-refractivity contribution in [3.05, 3.63) is 70.8 Å². The second-order valence-corrected chi connectivity index (χ2v) is 4.92. The second kappa shape index (κ2) is 7.41. The Morgan fingerprint density at radius 1 is 0.727 bits per heavy atom. The minimum absolute atomic E-state index is 0.279. The Labute approximate surface area is 130 Å². The Balaban J connectivity index is 2.59. The largest absolute Gasteiger partial charge is 0.410 e. The van der Waals surface area contributed by atoms with Crippen LogP contribution in [0.25, 0.3) is 0 Å². The Bertz CT molecular complexity index is 644. The first-order chi connectivity index (χ1) is 10.8. The quantitative estimate of drug-likeness (QED) is 0.500. The highest BCUT2D eigenvalue weighted by Gasteiger charge is 2.20. The Hall–Kier alpha value is -2.62. The molecule has 0 unspecified atom stereocenters. The van der Waals surface area contributed by atoms with E-state index in [4.69, 9.17) is 0 Å². The van der Waals surface area contributed by atoms with Gasteiger partial charge in [-0.1, -0.05) is 72.7 Å². The standard InChI is InChI=1S/C18H20N2O2/c1-3-13-9-5-7-11-15(13)17(19-21)18(20-22)16-12-8-6-10-14(16)4-2/h5-12,21-22H,3-4H2,1-2H3. The Morgan fingerprint density at radius 3 is 1.41 bits per heavy atom. The molecular formula is C18H20N2O2. The molecule has 0 heterocycles.